The average Bonchev–Trinajstić information content (AvgIpc) is 2.56. The van der Waals surface area contributed by atoms with Crippen LogP contribution in [-0.4, -0.2) is 58.3 Å². The fourth-order valence-corrected chi connectivity index (χ4v) is 1.66. The minimum Gasteiger partial charge on any atom is -0.269 e. The van der Waals surface area contributed by atoms with Gasteiger partial charge in [0.1, 0.15) is 0 Å². The predicted octanol–water partition coefficient (Wildman–Crippen LogP) is 4.89. The molecule has 0 atom stereocenters. The Morgan fingerprint density at radius 2 is 0.839 bits per heavy atom. The second-order valence-corrected chi connectivity index (χ2v) is 5.86. The fraction of sp³-hybridized carbons (Fsp3) is 1.00. The van der Waals surface area contributed by atoms with Crippen LogP contribution in [0.25, 0.3) is 0 Å². The van der Waals surface area contributed by atoms with Crippen molar-refractivity contribution in [3.8, 4) is 0 Å². The normalized spacial score (nSPS) is 16.2. The Hall–Kier alpha value is -1.09. The molecular weight excluding hydrogens is 519 g/mol. The molecule has 0 radical (unpaired) electrons. The van der Waals surface area contributed by atoms with E-state index in [1.165, 1.54) is 0 Å². The zero-order chi connectivity index (χ0) is 25.5. The molecule has 0 aromatic carbocycles. The van der Waals surface area contributed by atoms with Gasteiger partial charge in [0.05, 0.1) is 0 Å². The third kappa shape index (κ3) is 4.97. The molecule has 0 amide bonds. The molecule has 0 rings (SSSR count). The summed E-state index contributed by atoms with van der Waals surface area (Å²) in [6.45, 7) is 0. The molecule has 31 heavy (non-hydrogen) atoms. The monoisotopic (exact) mass is 526 g/mol. The van der Waals surface area contributed by atoms with Crippen molar-refractivity contribution >= 4 is 10.5 Å². The molecule has 0 aromatic heterocycles. The molecule has 0 aromatic rings. The van der Waals surface area contributed by atoms with E-state index in [0.29, 0.717) is 0 Å². The third-order valence-corrected chi connectivity index (χ3v) is 3.47. The van der Waals surface area contributed by atoms with Gasteiger partial charge in [-0.1, -0.05) is 5.04 Å². The summed E-state index contributed by atoms with van der Waals surface area (Å²) < 4.78 is 224. The van der Waals surface area contributed by atoms with Gasteiger partial charge in [-0.3, -0.25) is 4.58 Å². The van der Waals surface area contributed by atoms with Crippen LogP contribution in [-0.2, 0) is 14.5 Å². The minimum atomic E-state index is -8.43. The number of hydrogen-bond donors (Lipinski definition) is 0. The Morgan fingerprint density at radius 1 is 0.484 bits per heavy atom. The highest BCUT2D eigenvalue weighted by Gasteiger charge is 2.93. The van der Waals surface area contributed by atoms with E-state index in [1.54, 1.807) is 0 Å². The smallest absolute Gasteiger partial charge is 0.269 e. The molecule has 0 fully saturated rings. The first-order chi connectivity index (χ1) is 13.3. The van der Waals surface area contributed by atoms with Crippen molar-refractivity contribution in [3.05, 3.63) is 0 Å². The maximum atomic E-state index is 13.4. The lowest BCUT2D eigenvalue weighted by molar-refractivity contribution is -0.587. The van der Waals surface area contributed by atoms with Gasteiger partial charge in [0.25, 0.3) is 0 Å². The van der Waals surface area contributed by atoms with E-state index in [9.17, 15) is 74.6 Å². The highest BCUT2D eigenvalue weighted by atomic mass is 28.2. The van der Waals surface area contributed by atoms with Gasteiger partial charge in [0, 0.05) is 12.8 Å². The van der Waals surface area contributed by atoms with E-state index in [4.69, 9.17) is 0 Å². The van der Waals surface area contributed by atoms with Gasteiger partial charge in [-0.2, -0.15) is 74.6 Å². The van der Waals surface area contributed by atoms with Gasteiger partial charge >= 0.3 is 47.8 Å². The maximum absolute atomic E-state index is 13.4. The van der Waals surface area contributed by atoms with Gasteiger partial charge in [0.2, 0.25) is 0 Å². The predicted molar refractivity (Wildman–Crippen MR) is 63.1 cm³/mol. The SMILES string of the molecule is FC(F)(F)CCC(F)(F)C(F)(F)C(F)(F)C(F)(F)C(F)(F)C(F)(F)C(F)(F)OOO[SiH3]. The van der Waals surface area contributed by atoms with Crippen molar-refractivity contribution in [1.29, 1.82) is 0 Å². The lowest BCUT2D eigenvalue weighted by Gasteiger charge is -2.42. The van der Waals surface area contributed by atoms with Gasteiger partial charge in [-0.05, 0) is 0 Å². The van der Waals surface area contributed by atoms with Crippen LogP contribution in [0, 0.1) is 0 Å². The van der Waals surface area contributed by atoms with E-state index < -0.39 is 71.1 Å². The van der Waals surface area contributed by atoms with Crippen LogP contribution < -0.4 is 0 Å². The highest BCUT2D eigenvalue weighted by molar-refractivity contribution is 5.97. The summed E-state index contributed by atoms with van der Waals surface area (Å²) >= 11 is 0. The molecule has 0 N–H and O–H groups in total. The van der Waals surface area contributed by atoms with Crippen LogP contribution in [0.15, 0.2) is 0 Å². The van der Waals surface area contributed by atoms with Crippen LogP contribution in [0.4, 0.5) is 74.6 Å². The van der Waals surface area contributed by atoms with E-state index in [2.05, 4.69) is 14.5 Å². The summed E-state index contributed by atoms with van der Waals surface area (Å²) in [7, 11) is -0.816. The van der Waals surface area contributed by atoms with E-state index in [-0.39, 0.29) is 0 Å². The van der Waals surface area contributed by atoms with Crippen LogP contribution in [0.3, 0.4) is 0 Å². The first-order valence-corrected chi connectivity index (χ1v) is 7.68. The number of halogens is 17. The van der Waals surface area contributed by atoms with Gasteiger partial charge in [-0.15, -0.1) is 4.89 Å². The minimum absolute atomic E-state index is 0.816. The second-order valence-electron chi connectivity index (χ2n) is 5.53. The lowest BCUT2D eigenvalue weighted by atomic mass is 9.89. The topological polar surface area (TPSA) is 27.7 Å². The molecule has 0 aliphatic heterocycles. The van der Waals surface area contributed by atoms with E-state index in [0.717, 1.165) is 0 Å². The third-order valence-electron chi connectivity index (χ3n) is 3.33. The summed E-state index contributed by atoms with van der Waals surface area (Å²) in [4.78, 5) is 2.18. The first kappa shape index (κ1) is 29.9. The number of hydrogen-bond acceptors (Lipinski definition) is 3. The fourth-order valence-electron chi connectivity index (χ4n) is 1.59. The lowest BCUT2D eigenvalue weighted by Crippen LogP contribution is -2.73. The van der Waals surface area contributed by atoms with Crippen LogP contribution >= 0.6 is 0 Å². The van der Waals surface area contributed by atoms with Crippen molar-refractivity contribution in [2.75, 3.05) is 0 Å². The highest BCUT2D eigenvalue weighted by Crippen LogP contribution is 2.62. The molecule has 0 aliphatic carbocycles. The molecule has 0 unspecified atom stereocenters. The molecule has 188 valence electrons. The summed E-state index contributed by atoms with van der Waals surface area (Å²) in [5.74, 6) is -47.6. The Bertz CT molecular complexity index is 616. The molecule has 0 aliphatic rings. The Kier molecular flexibility index (Phi) is 8.06. The average molecular weight is 526 g/mol. The number of rotatable bonds is 11. The standard InChI is InChI=1S/C10H7F17O3Si/c11-3(12,1-2-4(13,14)15)5(16,17)6(18,19)7(20,21)8(22,23)9(24,25)10(26,27)28-29-30-31/h1-2H2,31H3. The molecule has 0 saturated heterocycles. The Balaban J connectivity index is 6.36. The van der Waals surface area contributed by atoms with E-state index >= 15 is 0 Å². The summed E-state index contributed by atoms with van der Waals surface area (Å²) in [6.07, 6.45) is -19.2. The van der Waals surface area contributed by atoms with Crippen LogP contribution in [0.2, 0.25) is 0 Å². The van der Waals surface area contributed by atoms with Crippen molar-refractivity contribution < 1.29 is 89.1 Å². The van der Waals surface area contributed by atoms with Crippen LogP contribution in [0.5, 0.6) is 0 Å². The van der Waals surface area contributed by atoms with Crippen molar-refractivity contribution in [3.63, 3.8) is 0 Å². The molecule has 0 heterocycles. The molecule has 0 saturated carbocycles. The van der Waals surface area contributed by atoms with Gasteiger partial charge in [0.15, 0.2) is 10.5 Å². The first-order valence-electron chi connectivity index (χ1n) is 6.87. The molecular formula is C10H7F17O3Si. The molecule has 0 spiro atoms. The van der Waals surface area contributed by atoms with Crippen molar-refractivity contribution in [1.82, 2.24) is 0 Å². The van der Waals surface area contributed by atoms with Crippen molar-refractivity contribution in [2.24, 2.45) is 0 Å². The van der Waals surface area contributed by atoms with E-state index in [1.807, 2.05) is 0 Å². The largest absolute Gasteiger partial charge is 0.454 e. The van der Waals surface area contributed by atoms with Crippen molar-refractivity contribution in [2.45, 2.75) is 60.7 Å². The van der Waals surface area contributed by atoms with Gasteiger partial charge in [-0.25, -0.2) is 0 Å². The quantitative estimate of drug-likeness (QED) is 0.166. The summed E-state index contributed by atoms with van der Waals surface area (Å²) in [6, 6.07) is 0. The molecule has 21 heteroatoms. The van der Waals surface area contributed by atoms with Gasteiger partial charge < -0.3 is 0 Å². The number of alkyl halides is 17. The maximum Gasteiger partial charge on any atom is 0.454 e. The molecule has 3 nitrogen and oxygen atoms in total. The second kappa shape index (κ2) is 8.36. The Labute approximate surface area is 161 Å². The zero-order valence-electron chi connectivity index (χ0n) is 14.1. The Morgan fingerprint density at radius 3 is 1.19 bits per heavy atom. The van der Waals surface area contributed by atoms with Crippen LogP contribution in [0.1, 0.15) is 12.8 Å². The zero-order valence-corrected chi connectivity index (χ0v) is 16.1. The summed E-state index contributed by atoms with van der Waals surface area (Å²) in [5, 5.41) is 2.65. The molecule has 0 bridgehead atoms. The summed E-state index contributed by atoms with van der Waals surface area (Å²) in [5.41, 5.74) is 0.